The fourth-order valence-electron chi connectivity index (χ4n) is 1.80. The van der Waals surface area contributed by atoms with Crippen molar-refractivity contribution < 1.29 is 9.15 Å². The van der Waals surface area contributed by atoms with Crippen LogP contribution in [0.25, 0.3) is 0 Å². The van der Waals surface area contributed by atoms with Gasteiger partial charge in [-0.2, -0.15) is 0 Å². The second-order valence-corrected chi connectivity index (χ2v) is 4.82. The Morgan fingerprint density at radius 2 is 2.00 bits per heavy atom. The summed E-state index contributed by atoms with van der Waals surface area (Å²) >= 11 is 6.04. The molecule has 0 unspecified atom stereocenters. The van der Waals surface area contributed by atoms with Crippen LogP contribution in [-0.4, -0.2) is 6.54 Å². The van der Waals surface area contributed by atoms with E-state index in [1.54, 1.807) is 0 Å². The van der Waals surface area contributed by atoms with Crippen LogP contribution in [0.4, 0.5) is 0 Å². The van der Waals surface area contributed by atoms with E-state index in [1.807, 2.05) is 37.3 Å². The van der Waals surface area contributed by atoms with E-state index in [0.29, 0.717) is 18.2 Å². The van der Waals surface area contributed by atoms with Crippen molar-refractivity contribution >= 4 is 11.6 Å². The molecule has 2 N–H and O–H groups in total. The van der Waals surface area contributed by atoms with Crippen LogP contribution in [0.15, 0.2) is 34.7 Å². The van der Waals surface area contributed by atoms with Crippen LogP contribution in [0.5, 0.6) is 5.75 Å². The van der Waals surface area contributed by atoms with Crippen LogP contribution in [0, 0.1) is 6.92 Å². The summed E-state index contributed by atoms with van der Waals surface area (Å²) in [4.78, 5) is 0. The van der Waals surface area contributed by atoms with E-state index in [2.05, 4.69) is 0 Å². The summed E-state index contributed by atoms with van der Waals surface area (Å²) in [5.74, 6) is 2.55. The van der Waals surface area contributed by atoms with Crippen LogP contribution in [0.3, 0.4) is 0 Å². The summed E-state index contributed by atoms with van der Waals surface area (Å²) < 4.78 is 11.4. The normalized spacial score (nSPS) is 10.7. The Labute approximate surface area is 118 Å². The highest BCUT2D eigenvalue weighted by Crippen LogP contribution is 2.26. The van der Waals surface area contributed by atoms with Crippen LogP contribution in [0.1, 0.15) is 23.5 Å². The molecule has 0 aliphatic carbocycles. The van der Waals surface area contributed by atoms with Gasteiger partial charge >= 0.3 is 0 Å². The molecule has 1 aromatic heterocycles. The zero-order chi connectivity index (χ0) is 13.7. The highest BCUT2D eigenvalue weighted by Gasteiger charge is 2.06. The highest BCUT2D eigenvalue weighted by atomic mass is 35.5. The van der Waals surface area contributed by atoms with E-state index in [0.717, 1.165) is 35.7 Å². The van der Waals surface area contributed by atoms with Gasteiger partial charge in [0.2, 0.25) is 0 Å². The lowest BCUT2D eigenvalue weighted by molar-refractivity contribution is 0.264. The quantitative estimate of drug-likeness (QED) is 0.877. The monoisotopic (exact) mass is 279 g/mol. The molecule has 4 heteroatoms. The maximum atomic E-state index is 6.04. The summed E-state index contributed by atoms with van der Waals surface area (Å²) in [6.07, 6.45) is 1.80. The third-order valence-electron chi connectivity index (χ3n) is 2.93. The van der Waals surface area contributed by atoms with Gasteiger partial charge in [0.05, 0.1) is 0 Å². The van der Waals surface area contributed by atoms with Gasteiger partial charge in [0.25, 0.3) is 0 Å². The fourth-order valence-corrected chi connectivity index (χ4v) is 1.97. The Bertz CT molecular complexity index is 537. The number of hydrogen-bond donors (Lipinski definition) is 1. The third kappa shape index (κ3) is 3.75. The van der Waals surface area contributed by atoms with Crippen LogP contribution in [0.2, 0.25) is 5.02 Å². The molecule has 19 heavy (non-hydrogen) atoms. The first-order valence-electron chi connectivity index (χ1n) is 6.36. The topological polar surface area (TPSA) is 48.4 Å². The zero-order valence-corrected chi connectivity index (χ0v) is 11.7. The number of nitrogens with two attached hydrogens (primary N) is 1. The molecular formula is C15H18ClNO2. The second kappa shape index (κ2) is 6.64. The van der Waals surface area contributed by atoms with E-state index >= 15 is 0 Å². The minimum Gasteiger partial charge on any atom is -0.485 e. The first-order chi connectivity index (χ1) is 9.20. The van der Waals surface area contributed by atoms with Crippen molar-refractivity contribution in [3.63, 3.8) is 0 Å². The van der Waals surface area contributed by atoms with Crippen molar-refractivity contribution in [3.8, 4) is 5.75 Å². The average molecular weight is 280 g/mol. The molecule has 0 aliphatic heterocycles. The molecule has 102 valence electrons. The number of ether oxygens (including phenoxy) is 1. The number of hydrogen-bond acceptors (Lipinski definition) is 3. The minimum absolute atomic E-state index is 0.407. The number of benzene rings is 1. The van der Waals surface area contributed by atoms with Crippen LogP contribution < -0.4 is 10.5 Å². The summed E-state index contributed by atoms with van der Waals surface area (Å²) in [6.45, 7) is 3.02. The summed E-state index contributed by atoms with van der Waals surface area (Å²) in [5.41, 5.74) is 6.41. The molecule has 0 fully saturated rings. The summed E-state index contributed by atoms with van der Waals surface area (Å²) in [7, 11) is 0. The van der Waals surface area contributed by atoms with Crippen molar-refractivity contribution in [2.45, 2.75) is 26.4 Å². The smallest absolute Gasteiger partial charge is 0.146 e. The van der Waals surface area contributed by atoms with Crippen LogP contribution >= 0.6 is 11.6 Å². The molecule has 0 aliphatic rings. The van der Waals surface area contributed by atoms with Gasteiger partial charge in [0.1, 0.15) is 23.9 Å². The maximum absolute atomic E-state index is 6.04. The number of aryl methyl sites for hydroxylation is 1. The Morgan fingerprint density at radius 3 is 2.79 bits per heavy atom. The van der Waals surface area contributed by atoms with E-state index in [4.69, 9.17) is 26.5 Å². The molecule has 1 heterocycles. The van der Waals surface area contributed by atoms with E-state index in [1.165, 1.54) is 0 Å². The van der Waals surface area contributed by atoms with Gasteiger partial charge in [-0.05, 0) is 44.2 Å². The van der Waals surface area contributed by atoms with Gasteiger partial charge in [0.15, 0.2) is 0 Å². The van der Waals surface area contributed by atoms with Crippen molar-refractivity contribution in [3.05, 3.63) is 52.4 Å². The van der Waals surface area contributed by atoms with Gasteiger partial charge in [-0.25, -0.2) is 0 Å². The lowest BCUT2D eigenvalue weighted by atomic mass is 10.2. The predicted octanol–water partition coefficient (Wildman–Crippen LogP) is 3.71. The molecule has 0 saturated heterocycles. The SMILES string of the molecule is Cc1c(Cl)cccc1OCc1ccc(CCCN)o1. The van der Waals surface area contributed by atoms with E-state index in [9.17, 15) is 0 Å². The Kier molecular flexibility index (Phi) is 4.88. The fraction of sp³-hybridized carbons (Fsp3) is 0.333. The molecule has 0 saturated carbocycles. The van der Waals surface area contributed by atoms with Gasteiger partial charge in [-0.15, -0.1) is 0 Å². The number of rotatable bonds is 6. The van der Waals surface area contributed by atoms with Crippen molar-refractivity contribution in [2.75, 3.05) is 6.54 Å². The lowest BCUT2D eigenvalue weighted by Gasteiger charge is -2.08. The van der Waals surface area contributed by atoms with Gasteiger partial charge in [-0.3, -0.25) is 0 Å². The Hall–Kier alpha value is -1.45. The van der Waals surface area contributed by atoms with E-state index < -0.39 is 0 Å². The third-order valence-corrected chi connectivity index (χ3v) is 3.34. The van der Waals surface area contributed by atoms with Crippen LogP contribution in [-0.2, 0) is 13.0 Å². The predicted molar refractivity (Wildman–Crippen MR) is 76.6 cm³/mol. The number of furan rings is 1. The highest BCUT2D eigenvalue weighted by molar-refractivity contribution is 6.31. The maximum Gasteiger partial charge on any atom is 0.146 e. The van der Waals surface area contributed by atoms with Gasteiger partial charge in [-0.1, -0.05) is 17.7 Å². The first-order valence-corrected chi connectivity index (χ1v) is 6.74. The Morgan fingerprint density at radius 1 is 1.21 bits per heavy atom. The van der Waals surface area contributed by atoms with Crippen molar-refractivity contribution in [2.24, 2.45) is 5.73 Å². The Balaban J connectivity index is 1.95. The van der Waals surface area contributed by atoms with Crippen molar-refractivity contribution in [1.82, 2.24) is 0 Å². The molecule has 0 radical (unpaired) electrons. The molecule has 0 bridgehead atoms. The summed E-state index contributed by atoms with van der Waals surface area (Å²) in [6, 6.07) is 9.53. The molecule has 3 nitrogen and oxygen atoms in total. The second-order valence-electron chi connectivity index (χ2n) is 4.41. The van der Waals surface area contributed by atoms with E-state index in [-0.39, 0.29) is 0 Å². The molecule has 2 rings (SSSR count). The molecule has 0 spiro atoms. The summed E-state index contributed by atoms with van der Waals surface area (Å²) in [5, 5.41) is 0.709. The molecule has 2 aromatic rings. The largest absolute Gasteiger partial charge is 0.485 e. The molecule has 1 aromatic carbocycles. The minimum atomic E-state index is 0.407. The standard InChI is InChI=1S/C15H18ClNO2/c1-11-14(16)5-2-6-15(11)18-10-13-8-7-12(19-13)4-3-9-17/h2,5-8H,3-4,9-10,17H2,1H3. The number of halogens is 1. The molecule has 0 atom stereocenters. The average Bonchev–Trinajstić information content (AvgIpc) is 2.86. The zero-order valence-electron chi connectivity index (χ0n) is 11.0. The molecule has 0 amide bonds. The lowest BCUT2D eigenvalue weighted by Crippen LogP contribution is -1.99. The van der Waals surface area contributed by atoms with Gasteiger partial charge < -0.3 is 14.9 Å². The van der Waals surface area contributed by atoms with Gasteiger partial charge in [0, 0.05) is 17.0 Å². The van der Waals surface area contributed by atoms with Crippen molar-refractivity contribution in [1.29, 1.82) is 0 Å². The molecular weight excluding hydrogens is 262 g/mol. The first kappa shape index (κ1) is 14.0.